The fraction of sp³-hybridized carbons (Fsp3) is 0.667. The van der Waals surface area contributed by atoms with Crippen molar-refractivity contribution >= 4 is 16.0 Å². The Labute approximate surface area is 172 Å². The summed E-state index contributed by atoms with van der Waals surface area (Å²) in [6, 6.07) is 0.386. The molecular formula is C21H31F2NO4S. The number of aliphatic carboxylic acids is 1. The SMILES string of the molecule is CCCCCCCCCCCCN1[C@@H](CC(=O)O)c2cc(F)cc(F)c2S1(=O)=O. The van der Waals surface area contributed by atoms with Crippen LogP contribution in [-0.4, -0.2) is 30.3 Å². The van der Waals surface area contributed by atoms with Crippen LogP contribution in [0.25, 0.3) is 0 Å². The molecule has 0 spiro atoms. The van der Waals surface area contributed by atoms with Gasteiger partial charge in [0, 0.05) is 12.6 Å². The number of fused-ring (bicyclic) bond motifs is 1. The van der Waals surface area contributed by atoms with E-state index in [9.17, 15) is 22.0 Å². The molecule has 0 radical (unpaired) electrons. The molecule has 0 aromatic heterocycles. The summed E-state index contributed by atoms with van der Waals surface area (Å²) in [4.78, 5) is 10.6. The Morgan fingerprint density at radius 2 is 1.55 bits per heavy atom. The highest BCUT2D eigenvalue weighted by molar-refractivity contribution is 7.89. The minimum atomic E-state index is -4.17. The number of sulfonamides is 1. The second-order valence-corrected chi connectivity index (χ2v) is 9.54. The van der Waals surface area contributed by atoms with Crippen molar-refractivity contribution in [2.24, 2.45) is 0 Å². The number of nitrogens with zero attached hydrogens (tertiary/aromatic N) is 1. The van der Waals surface area contributed by atoms with Crippen molar-refractivity contribution in [3.8, 4) is 0 Å². The first-order valence-electron chi connectivity index (χ1n) is 10.5. The highest BCUT2D eigenvalue weighted by Gasteiger charge is 2.45. The number of halogens is 2. The van der Waals surface area contributed by atoms with Crippen molar-refractivity contribution in [2.45, 2.75) is 88.5 Å². The van der Waals surface area contributed by atoms with Crippen LogP contribution in [0.3, 0.4) is 0 Å². The molecule has 1 aromatic carbocycles. The van der Waals surface area contributed by atoms with Crippen LogP contribution < -0.4 is 0 Å². The molecule has 0 bridgehead atoms. The number of benzene rings is 1. The zero-order chi connectivity index (χ0) is 21.4. The van der Waals surface area contributed by atoms with Crippen molar-refractivity contribution in [2.75, 3.05) is 6.54 Å². The van der Waals surface area contributed by atoms with Gasteiger partial charge < -0.3 is 5.11 Å². The Kier molecular flexibility index (Phi) is 9.02. The maximum Gasteiger partial charge on any atom is 0.305 e. The van der Waals surface area contributed by atoms with Crippen LogP contribution in [0.4, 0.5) is 8.78 Å². The molecule has 0 saturated heterocycles. The Morgan fingerprint density at radius 1 is 1.00 bits per heavy atom. The number of unbranched alkanes of at least 4 members (excludes halogenated alkanes) is 9. The lowest BCUT2D eigenvalue weighted by atomic mass is 10.0. The summed E-state index contributed by atoms with van der Waals surface area (Å²) in [5, 5.41) is 9.16. The van der Waals surface area contributed by atoms with E-state index in [-0.39, 0.29) is 12.1 Å². The van der Waals surface area contributed by atoms with Crippen molar-refractivity contribution in [1.82, 2.24) is 4.31 Å². The minimum Gasteiger partial charge on any atom is -0.481 e. The first-order valence-corrected chi connectivity index (χ1v) is 12.0. The quantitative estimate of drug-likeness (QED) is 0.424. The molecule has 1 heterocycles. The van der Waals surface area contributed by atoms with Crippen LogP contribution in [0.15, 0.2) is 17.0 Å². The Bertz CT molecular complexity index is 798. The molecule has 1 atom stereocenters. The molecule has 0 amide bonds. The third-order valence-corrected chi connectivity index (χ3v) is 7.41. The van der Waals surface area contributed by atoms with Gasteiger partial charge in [-0.3, -0.25) is 4.79 Å². The highest BCUT2D eigenvalue weighted by atomic mass is 32.2. The molecule has 0 fully saturated rings. The van der Waals surface area contributed by atoms with Gasteiger partial charge in [0.15, 0.2) is 0 Å². The van der Waals surface area contributed by atoms with Gasteiger partial charge in [-0.05, 0) is 18.1 Å². The maximum absolute atomic E-state index is 14.2. The summed E-state index contributed by atoms with van der Waals surface area (Å²) in [5.41, 5.74) is -0.100. The fourth-order valence-electron chi connectivity index (χ4n) is 3.95. The van der Waals surface area contributed by atoms with E-state index in [2.05, 4.69) is 6.92 Å². The van der Waals surface area contributed by atoms with Gasteiger partial charge in [-0.15, -0.1) is 0 Å². The van der Waals surface area contributed by atoms with Gasteiger partial charge >= 0.3 is 5.97 Å². The molecule has 5 nitrogen and oxygen atoms in total. The van der Waals surface area contributed by atoms with E-state index >= 15 is 0 Å². The highest BCUT2D eigenvalue weighted by Crippen LogP contribution is 2.43. The number of hydrogen-bond acceptors (Lipinski definition) is 3. The Hall–Kier alpha value is -1.54. The number of carboxylic acids is 1. The van der Waals surface area contributed by atoms with E-state index in [4.69, 9.17) is 5.11 Å². The van der Waals surface area contributed by atoms with Crippen molar-refractivity contribution < 1.29 is 27.1 Å². The topological polar surface area (TPSA) is 74.7 Å². The molecule has 8 heteroatoms. The second kappa shape index (κ2) is 11.0. The zero-order valence-electron chi connectivity index (χ0n) is 17.0. The molecule has 29 heavy (non-hydrogen) atoms. The first-order chi connectivity index (χ1) is 13.8. The van der Waals surface area contributed by atoms with E-state index in [0.717, 1.165) is 36.1 Å². The maximum atomic E-state index is 14.2. The van der Waals surface area contributed by atoms with Gasteiger partial charge in [0.25, 0.3) is 0 Å². The number of carbonyl (C=O) groups is 1. The average Bonchev–Trinajstić information content (AvgIpc) is 2.83. The van der Waals surface area contributed by atoms with Gasteiger partial charge in [0.1, 0.15) is 16.5 Å². The summed E-state index contributed by atoms with van der Waals surface area (Å²) in [7, 11) is -4.17. The smallest absolute Gasteiger partial charge is 0.305 e. The lowest BCUT2D eigenvalue weighted by Crippen LogP contribution is -2.31. The molecule has 1 aliphatic heterocycles. The summed E-state index contributed by atoms with van der Waals surface area (Å²) in [6.45, 7) is 2.29. The molecule has 164 valence electrons. The first kappa shape index (κ1) is 23.7. The van der Waals surface area contributed by atoms with Crippen LogP contribution in [0, 0.1) is 11.6 Å². The van der Waals surface area contributed by atoms with Gasteiger partial charge in [0.2, 0.25) is 10.0 Å². The number of carboxylic acid groups (broad SMARTS) is 1. The third-order valence-electron chi connectivity index (χ3n) is 5.41. The Balaban J connectivity index is 1.92. The zero-order valence-corrected chi connectivity index (χ0v) is 17.8. The van der Waals surface area contributed by atoms with E-state index in [1.807, 2.05) is 0 Å². The fourth-order valence-corrected chi connectivity index (χ4v) is 5.87. The van der Waals surface area contributed by atoms with Crippen molar-refractivity contribution in [3.05, 3.63) is 29.3 Å². The Morgan fingerprint density at radius 3 is 2.10 bits per heavy atom. The molecule has 0 aliphatic carbocycles. The predicted molar refractivity (Wildman–Crippen MR) is 107 cm³/mol. The molecule has 1 aliphatic rings. The van der Waals surface area contributed by atoms with Crippen LogP contribution in [0.1, 0.15) is 89.2 Å². The average molecular weight is 432 g/mol. The summed E-state index contributed by atoms with van der Waals surface area (Å²) in [6.07, 6.45) is 10.3. The van der Waals surface area contributed by atoms with Gasteiger partial charge in [-0.25, -0.2) is 17.2 Å². The predicted octanol–water partition coefficient (Wildman–Crippen LogP) is 5.41. The summed E-state index contributed by atoms with van der Waals surface area (Å²) in [5.74, 6) is -3.29. The van der Waals surface area contributed by atoms with Crippen LogP contribution in [-0.2, 0) is 14.8 Å². The molecule has 0 unspecified atom stereocenters. The lowest BCUT2D eigenvalue weighted by molar-refractivity contribution is -0.138. The van der Waals surface area contributed by atoms with Crippen LogP contribution >= 0.6 is 0 Å². The summed E-state index contributed by atoms with van der Waals surface area (Å²) >= 11 is 0. The van der Waals surface area contributed by atoms with Crippen molar-refractivity contribution in [1.29, 1.82) is 0 Å². The van der Waals surface area contributed by atoms with Gasteiger partial charge in [-0.2, -0.15) is 4.31 Å². The lowest BCUT2D eigenvalue weighted by Gasteiger charge is -2.22. The third kappa shape index (κ3) is 6.22. The number of rotatable bonds is 13. The van der Waals surface area contributed by atoms with E-state index in [1.54, 1.807) is 0 Å². The van der Waals surface area contributed by atoms with Gasteiger partial charge in [-0.1, -0.05) is 64.7 Å². The van der Waals surface area contributed by atoms with Crippen LogP contribution in [0.2, 0.25) is 0 Å². The number of hydrogen-bond donors (Lipinski definition) is 1. The second-order valence-electron chi connectivity index (χ2n) is 7.72. The van der Waals surface area contributed by atoms with Crippen molar-refractivity contribution in [3.63, 3.8) is 0 Å². The molecule has 1 aromatic rings. The van der Waals surface area contributed by atoms with E-state index < -0.39 is 45.0 Å². The molecule has 2 rings (SSSR count). The summed E-state index contributed by atoms with van der Waals surface area (Å²) < 4.78 is 54.4. The van der Waals surface area contributed by atoms with E-state index in [0.29, 0.717) is 12.5 Å². The molecule has 0 saturated carbocycles. The molecule has 1 N–H and O–H groups in total. The standard InChI is InChI=1S/C21H31F2NO4S/c1-2-3-4-5-6-7-8-9-10-11-12-24-19(15-20(25)26)17-13-16(22)14-18(23)21(17)29(24,27)28/h13-14,19H,2-12,15H2,1H3,(H,25,26)/t19-/m0/s1. The molecular weight excluding hydrogens is 400 g/mol. The minimum absolute atomic E-state index is 0.100. The van der Waals surface area contributed by atoms with E-state index in [1.165, 1.54) is 32.1 Å². The van der Waals surface area contributed by atoms with Gasteiger partial charge in [0.05, 0.1) is 12.5 Å². The monoisotopic (exact) mass is 431 g/mol. The van der Waals surface area contributed by atoms with Crippen LogP contribution in [0.5, 0.6) is 0 Å². The normalized spacial score (nSPS) is 18.1. The largest absolute Gasteiger partial charge is 0.481 e.